The molecule has 1 aromatic carbocycles. The SMILES string of the molecule is COc1ccsc1C(NN)c1ccccc1C(F)(F)F. The van der Waals surface area contributed by atoms with Crippen molar-refractivity contribution in [1.29, 1.82) is 0 Å². The van der Waals surface area contributed by atoms with Crippen molar-refractivity contribution in [3.05, 3.63) is 51.7 Å². The Morgan fingerprint density at radius 2 is 1.95 bits per heavy atom. The van der Waals surface area contributed by atoms with Crippen molar-refractivity contribution in [3.8, 4) is 5.75 Å². The second-order valence-corrected chi connectivity index (χ2v) is 4.99. The van der Waals surface area contributed by atoms with Crippen LogP contribution in [0.1, 0.15) is 22.0 Å². The first-order chi connectivity index (χ1) is 9.49. The van der Waals surface area contributed by atoms with Gasteiger partial charge in [-0.05, 0) is 23.1 Å². The molecule has 0 spiro atoms. The first kappa shape index (κ1) is 14.8. The van der Waals surface area contributed by atoms with Crippen molar-refractivity contribution in [3.63, 3.8) is 0 Å². The number of ether oxygens (including phenoxy) is 1. The Bertz CT molecular complexity index is 583. The average Bonchev–Trinajstić information content (AvgIpc) is 2.87. The van der Waals surface area contributed by atoms with Crippen molar-refractivity contribution in [1.82, 2.24) is 5.43 Å². The molecule has 0 aliphatic heterocycles. The van der Waals surface area contributed by atoms with Crippen LogP contribution in [-0.2, 0) is 6.18 Å². The molecule has 0 saturated heterocycles. The molecule has 7 heteroatoms. The van der Waals surface area contributed by atoms with E-state index in [1.165, 1.54) is 30.6 Å². The predicted molar refractivity (Wildman–Crippen MR) is 71.5 cm³/mol. The Labute approximate surface area is 118 Å². The maximum atomic E-state index is 13.1. The molecule has 0 radical (unpaired) electrons. The van der Waals surface area contributed by atoms with Gasteiger partial charge in [-0.1, -0.05) is 18.2 Å². The number of alkyl halides is 3. The van der Waals surface area contributed by atoms with Crippen molar-refractivity contribution in [2.24, 2.45) is 5.84 Å². The number of benzene rings is 1. The Kier molecular flexibility index (Phi) is 4.32. The lowest BCUT2D eigenvalue weighted by molar-refractivity contribution is -0.138. The van der Waals surface area contributed by atoms with E-state index in [4.69, 9.17) is 10.6 Å². The number of methoxy groups -OCH3 is 1. The minimum Gasteiger partial charge on any atom is -0.496 e. The van der Waals surface area contributed by atoms with Crippen molar-refractivity contribution in [2.75, 3.05) is 7.11 Å². The first-order valence-corrected chi connectivity index (χ1v) is 6.60. The van der Waals surface area contributed by atoms with Crippen LogP contribution in [0.15, 0.2) is 35.7 Å². The fourth-order valence-corrected chi connectivity index (χ4v) is 2.94. The highest BCUT2D eigenvalue weighted by molar-refractivity contribution is 7.10. The van der Waals surface area contributed by atoms with Gasteiger partial charge in [0.2, 0.25) is 0 Å². The molecule has 3 N–H and O–H groups in total. The molecule has 0 amide bonds. The number of rotatable bonds is 4. The van der Waals surface area contributed by atoms with E-state index in [-0.39, 0.29) is 5.56 Å². The van der Waals surface area contributed by atoms with Crippen LogP contribution in [0.3, 0.4) is 0 Å². The van der Waals surface area contributed by atoms with Gasteiger partial charge in [0, 0.05) is 0 Å². The fourth-order valence-electron chi connectivity index (χ4n) is 2.00. The second-order valence-electron chi connectivity index (χ2n) is 4.04. The molecular weight excluding hydrogens is 289 g/mol. The van der Waals surface area contributed by atoms with E-state index in [0.29, 0.717) is 10.6 Å². The van der Waals surface area contributed by atoms with Crippen LogP contribution in [0.5, 0.6) is 5.75 Å². The number of halogens is 3. The summed E-state index contributed by atoms with van der Waals surface area (Å²) in [6.07, 6.45) is -4.43. The summed E-state index contributed by atoms with van der Waals surface area (Å²) in [5, 5.41) is 1.74. The highest BCUT2D eigenvalue weighted by Gasteiger charge is 2.35. The van der Waals surface area contributed by atoms with Crippen LogP contribution in [0.25, 0.3) is 0 Å². The average molecular weight is 302 g/mol. The van der Waals surface area contributed by atoms with Crippen LogP contribution in [0.2, 0.25) is 0 Å². The van der Waals surface area contributed by atoms with Crippen LogP contribution in [-0.4, -0.2) is 7.11 Å². The van der Waals surface area contributed by atoms with Gasteiger partial charge in [0.15, 0.2) is 0 Å². The normalized spacial score (nSPS) is 13.2. The molecule has 1 unspecified atom stereocenters. The van der Waals surface area contributed by atoms with E-state index < -0.39 is 17.8 Å². The van der Waals surface area contributed by atoms with E-state index in [2.05, 4.69) is 5.43 Å². The third-order valence-corrected chi connectivity index (χ3v) is 3.85. The van der Waals surface area contributed by atoms with Crippen molar-refractivity contribution in [2.45, 2.75) is 12.2 Å². The van der Waals surface area contributed by atoms with Gasteiger partial charge in [0.05, 0.1) is 23.6 Å². The Hall–Kier alpha value is -1.57. The molecule has 1 aromatic heterocycles. The summed E-state index contributed by atoms with van der Waals surface area (Å²) in [6, 6.07) is 6.27. The third kappa shape index (κ3) is 2.79. The number of thiophene rings is 1. The summed E-state index contributed by atoms with van der Waals surface area (Å²) in [7, 11) is 1.47. The molecule has 2 aromatic rings. The molecular formula is C13H13F3N2OS. The van der Waals surface area contributed by atoms with E-state index >= 15 is 0 Å². The van der Waals surface area contributed by atoms with E-state index in [1.807, 2.05) is 0 Å². The molecule has 1 heterocycles. The fraction of sp³-hybridized carbons (Fsp3) is 0.231. The molecule has 0 aliphatic rings. The minimum absolute atomic E-state index is 0.0725. The van der Waals surface area contributed by atoms with Gasteiger partial charge in [-0.15, -0.1) is 11.3 Å². The van der Waals surface area contributed by atoms with Crippen LogP contribution in [0.4, 0.5) is 13.2 Å². The predicted octanol–water partition coefficient (Wildman–Crippen LogP) is 3.33. The summed E-state index contributed by atoms with van der Waals surface area (Å²) in [6.45, 7) is 0. The lowest BCUT2D eigenvalue weighted by atomic mass is 9.99. The molecule has 0 saturated carbocycles. The molecule has 20 heavy (non-hydrogen) atoms. The Balaban J connectivity index is 2.53. The summed E-state index contributed by atoms with van der Waals surface area (Å²) >= 11 is 1.29. The molecule has 0 fully saturated rings. The lowest BCUT2D eigenvalue weighted by Gasteiger charge is -2.21. The van der Waals surface area contributed by atoms with Gasteiger partial charge < -0.3 is 4.74 Å². The van der Waals surface area contributed by atoms with Crippen molar-refractivity contribution < 1.29 is 17.9 Å². The monoisotopic (exact) mass is 302 g/mol. The standard InChI is InChI=1S/C13H13F3N2OS/c1-19-10-6-7-20-12(10)11(18-17)8-4-2-3-5-9(8)13(14,15)16/h2-7,11,18H,17H2,1H3. The molecule has 0 bridgehead atoms. The Morgan fingerprint density at radius 1 is 1.25 bits per heavy atom. The topological polar surface area (TPSA) is 47.3 Å². The van der Waals surface area contributed by atoms with Crippen LogP contribution in [0, 0.1) is 0 Å². The summed E-state index contributed by atoms with van der Waals surface area (Å²) < 4.78 is 44.4. The quantitative estimate of drug-likeness (QED) is 0.673. The number of hydrazine groups is 1. The van der Waals surface area contributed by atoms with Gasteiger partial charge in [-0.25, -0.2) is 5.43 Å². The van der Waals surface area contributed by atoms with Crippen LogP contribution >= 0.6 is 11.3 Å². The zero-order valence-corrected chi connectivity index (χ0v) is 11.4. The second kappa shape index (κ2) is 5.82. The highest BCUT2D eigenvalue weighted by Crippen LogP contribution is 2.40. The molecule has 1 atom stereocenters. The van der Waals surface area contributed by atoms with Crippen molar-refractivity contribution >= 4 is 11.3 Å². The van der Waals surface area contributed by atoms with Crippen LogP contribution < -0.4 is 16.0 Å². The molecule has 2 rings (SSSR count). The van der Waals surface area contributed by atoms with Gasteiger partial charge in [0.25, 0.3) is 0 Å². The summed E-state index contributed by atoms with van der Waals surface area (Å²) in [5.41, 5.74) is 1.80. The Morgan fingerprint density at radius 3 is 2.55 bits per heavy atom. The molecule has 3 nitrogen and oxygen atoms in total. The van der Waals surface area contributed by atoms with E-state index in [9.17, 15) is 13.2 Å². The number of nitrogens with one attached hydrogen (secondary N) is 1. The van der Waals surface area contributed by atoms with E-state index in [0.717, 1.165) is 6.07 Å². The maximum Gasteiger partial charge on any atom is 0.416 e. The lowest BCUT2D eigenvalue weighted by Crippen LogP contribution is -2.30. The molecule has 0 aliphatic carbocycles. The number of hydrogen-bond acceptors (Lipinski definition) is 4. The van der Waals surface area contributed by atoms with E-state index in [1.54, 1.807) is 17.5 Å². The summed E-state index contributed by atoms with van der Waals surface area (Å²) in [5.74, 6) is 5.97. The largest absolute Gasteiger partial charge is 0.496 e. The van der Waals surface area contributed by atoms with Gasteiger partial charge in [-0.3, -0.25) is 5.84 Å². The highest BCUT2D eigenvalue weighted by atomic mass is 32.1. The first-order valence-electron chi connectivity index (χ1n) is 5.72. The number of nitrogens with two attached hydrogens (primary N) is 1. The number of hydrogen-bond donors (Lipinski definition) is 2. The zero-order valence-electron chi connectivity index (χ0n) is 10.6. The zero-order chi connectivity index (χ0) is 14.8. The third-order valence-electron chi connectivity index (χ3n) is 2.88. The maximum absolute atomic E-state index is 13.1. The molecule has 108 valence electrons. The minimum atomic E-state index is -4.43. The smallest absolute Gasteiger partial charge is 0.416 e. The van der Waals surface area contributed by atoms with Gasteiger partial charge >= 0.3 is 6.18 Å². The van der Waals surface area contributed by atoms with Gasteiger partial charge in [-0.2, -0.15) is 13.2 Å². The summed E-state index contributed by atoms with van der Waals surface area (Å²) in [4.78, 5) is 0.603. The van der Waals surface area contributed by atoms with Gasteiger partial charge in [0.1, 0.15) is 5.75 Å².